The number of aromatic amines is 1. The van der Waals surface area contributed by atoms with Crippen molar-refractivity contribution in [2.45, 2.75) is 39.2 Å². The lowest BCUT2D eigenvalue weighted by molar-refractivity contribution is 0.0625. The first-order valence-electron chi connectivity index (χ1n) is 9.40. The lowest BCUT2D eigenvalue weighted by Crippen LogP contribution is -2.46. The van der Waals surface area contributed by atoms with Crippen LogP contribution in [0.25, 0.3) is 10.9 Å². The van der Waals surface area contributed by atoms with E-state index in [4.69, 9.17) is 4.74 Å². The van der Waals surface area contributed by atoms with Crippen molar-refractivity contribution in [2.75, 3.05) is 20.2 Å². The van der Waals surface area contributed by atoms with Gasteiger partial charge in [-0.05, 0) is 54.9 Å². The fourth-order valence-electron chi connectivity index (χ4n) is 5.05. The Morgan fingerprint density at radius 2 is 2.28 bits per heavy atom. The molecule has 0 saturated carbocycles. The van der Waals surface area contributed by atoms with Crippen LogP contribution in [0.5, 0.6) is 5.75 Å². The molecule has 1 saturated heterocycles. The number of H-pyrrole nitrogens is 1. The first-order valence-corrected chi connectivity index (χ1v) is 9.40. The van der Waals surface area contributed by atoms with E-state index >= 15 is 0 Å². The van der Waals surface area contributed by atoms with E-state index in [1.807, 2.05) is 12.3 Å². The molecule has 3 atom stereocenters. The summed E-state index contributed by atoms with van der Waals surface area (Å²) in [5.74, 6) is 1.64. The van der Waals surface area contributed by atoms with Gasteiger partial charge in [0.15, 0.2) is 0 Å². The van der Waals surface area contributed by atoms with Crippen LogP contribution in [-0.2, 0) is 11.2 Å². The number of hydrogen-bond acceptors (Lipinski definition) is 3. The van der Waals surface area contributed by atoms with E-state index in [-0.39, 0.29) is 0 Å². The van der Waals surface area contributed by atoms with Crippen LogP contribution in [0.15, 0.2) is 30.0 Å². The molecule has 0 amide bonds. The maximum Gasteiger partial charge on any atom is 0.125 e. The number of methoxy groups -OCH3 is 1. The molecule has 4 heteroatoms. The molecule has 2 aliphatic rings. The van der Waals surface area contributed by atoms with Gasteiger partial charge < -0.3 is 14.8 Å². The molecule has 134 valence electrons. The number of benzene rings is 1. The number of nitrogens with one attached hydrogen (secondary N) is 1. The van der Waals surface area contributed by atoms with Gasteiger partial charge in [0.05, 0.1) is 19.4 Å². The highest BCUT2D eigenvalue weighted by Gasteiger charge is 2.40. The molecule has 1 aromatic carbocycles. The quantitative estimate of drug-likeness (QED) is 0.816. The molecule has 2 N–H and O–H groups in total. The number of rotatable bonds is 3. The summed E-state index contributed by atoms with van der Waals surface area (Å²) in [4.78, 5) is 6.27. The number of ether oxygens (including phenoxy) is 1. The van der Waals surface area contributed by atoms with Crippen molar-refractivity contribution in [3.8, 4) is 5.75 Å². The molecule has 0 aliphatic carbocycles. The van der Waals surface area contributed by atoms with E-state index in [2.05, 4.69) is 29.8 Å². The highest BCUT2D eigenvalue weighted by atomic mass is 16.5. The van der Waals surface area contributed by atoms with Crippen molar-refractivity contribution < 1.29 is 9.84 Å². The second kappa shape index (κ2) is 6.41. The predicted molar refractivity (Wildman–Crippen MR) is 101 cm³/mol. The third-order valence-electron chi connectivity index (χ3n) is 6.29. The van der Waals surface area contributed by atoms with Crippen molar-refractivity contribution in [1.82, 2.24) is 9.88 Å². The summed E-state index contributed by atoms with van der Waals surface area (Å²) in [5, 5.41) is 11.4. The summed E-state index contributed by atoms with van der Waals surface area (Å²) in [7, 11) is 1.73. The highest BCUT2D eigenvalue weighted by Crippen LogP contribution is 2.46. The lowest BCUT2D eigenvalue weighted by atomic mass is 9.74. The SMILES string of the molecule is CC[C@@H]1CN2CCc3c([nH]c4cccc(O)c34)[C@@H]2C[C@@H]1/C(C)=C\OC. The van der Waals surface area contributed by atoms with Gasteiger partial charge in [-0.2, -0.15) is 0 Å². The molecule has 2 aliphatic heterocycles. The topological polar surface area (TPSA) is 48.5 Å². The monoisotopic (exact) mass is 340 g/mol. The number of nitrogens with zero attached hydrogens (tertiary/aromatic N) is 1. The number of phenols is 1. The van der Waals surface area contributed by atoms with Crippen molar-refractivity contribution in [3.63, 3.8) is 0 Å². The molecular weight excluding hydrogens is 312 g/mol. The fraction of sp³-hybridized carbons (Fsp3) is 0.524. The number of hydrogen-bond donors (Lipinski definition) is 2. The van der Waals surface area contributed by atoms with E-state index in [0.717, 1.165) is 36.8 Å². The number of piperidine rings is 1. The van der Waals surface area contributed by atoms with Crippen molar-refractivity contribution in [1.29, 1.82) is 0 Å². The molecule has 0 unspecified atom stereocenters. The van der Waals surface area contributed by atoms with Crippen LogP contribution >= 0.6 is 0 Å². The Morgan fingerprint density at radius 3 is 3.04 bits per heavy atom. The van der Waals surface area contributed by atoms with Crippen LogP contribution in [0.1, 0.15) is 44.0 Å². The van der Waals surface area contributed by atoms with Crippen molar-refractivity contribution >= 4 is 10.9 Å². The van der Waals surface area contributed by atoms with E-state index in [9.17, 15) is 5.11 Å². The predicted octanol–water partition coefficient (Wildman–Crippen LogP) is 4.37. The van der Waals surface area contributed by atoms with Crippen LogP contribution in [0, 0.1) is 11.8 Å². The molecule has 0 bridgehead atoms. The van der Waals surface area contributed by atoms with Gasteiger partial charge in [-0.15, -0.1) is 0 Å². The zero-order valence-corrected chi connectivity index (χ0v) is 15.4. The van der Waals surface area contributed by atoms with Gasteiger partial charge in [0, 0.05) is 29.7 Å². The van der Waals surface area contributed by atoms with Crippen LogP contribution in [-0.4, -0.2) is 35.2 Å². The number of aromatic nitrogens is 1. The molecule has 3 heterocycles. The first kappa shape index (κ1) is 16.5. The molecule has 4 nitrogen and oxygen atoms in total. The number of aromatic hydroxyl groups is 1. The number of phenolic OH excluding ortho intramolecular Hbond substituents is 1. The smallest absolute Gasteiger partial charge is 0.125 e. The second-order valence-corrected chi connectivity index (χ2v) is 7.59. The minimum Gasteiger partial charge on any atom is -0.507 e. The van der Waals surface area contributed by atoms with E-state index in [1.54, 1.807) is 13.2 Å². The van der Waals surface area contributed by atoms with Crippen LogP contribution < -0.4 is 0 Å². The Kier molecular flexibility index (Phi) is 4.24. The summed E-state index contributed by atoms with van der Waals surface area (Å²) >= 11 is 0. The van der Waals surface area contributed by atoms with Gasteiger partial charge in [0.1, 0.15) is 5.75 Å². The molecule has 1 aromatic heterocycles. The van der Waals surface area contributed by atoms with Crippen molar-refractivity contribution in [2.24, 2.45) is 11.8 Å². The van der Waals surface area contributed by atoms with Crippen LogP contribution in [0.3, 0.4) is 0 Å². The number of fused-ring (bicyclic) bond motifs is 5. The van der Waals surface area contributed by atoms with Gasteiger partial charge in [0.2, 0.25) is 0 Å². The standard InChI is InChI=1S/C21H28N2O2/c1-4-14-11-23-9-8-15-20-17(6-5-7-19(20)24)22-21(15)18(23)10-16(14)13(2)12-25-3/h5-7,12,14,16,18,22,24H,4,8-11H2,1-3H3/b13-12-/t14-,16-,18+/m1/s1. The molecular formula is C21H28N2O2. The Balaban J connectivity index is 1.75. The highest BCUT2D eigenvalue weighted by molar-refractivity contribution is 5.90. The van der Waals surface area contributed by atoms with Gasteiger partial charge >= 0.3 is 0 Å². The fourth-order valence-corrected chi connectivity index (χ4v) is 5.05. The average Bonchev–Trinajstić information content (AvgIpc) is 3.01. The number of allylic oxidation sites excluding steroid dienone is 1. The van der Waals surface area contributed by atoms with E-state index in [0.29, 0.717) is 23.6 Å². The maximum absolute atomic E-state index is 10.3. The first-order chi connectivity index (χ1) is 12.1. The Bertz CT molecular complexity index is 808. The van der Waals surface area contributed by atoms with Crippen molar-refractivity contribution in [3.05, 3.63) is 41.3 Å². The minimum atomic E-state index is 0.401. The third-order valence-corrected chi connectivity index (χ3v) is 6.29. The summed E-state index contributed by atoms with van der Waals surface area (Å²) in [6.45, 7) is 6.72. The summed E-state index contributed by atoms with van der Waals surface area (Å²) in [6.07, 6.45) is 5.25. The Morgan fingerprint density at radius 1 is 1.44 bits per heavy atom. The van der Waals surface area contributed by atoms with E-state index < -0.39 is 0 Å². The van der Waals surface area contributed by atoms with Gasteiger partial charge in [-0.3, -0.25) is 4.90 Å². The molecule has 1 fully saturated rings. The summed E-state index contributed by atoms with van der Waals surface area (Å²) in [5.41, 5.74) is 5.04. The van der Waals surface area contributed by atoms with E-state index in [1.165, 1.54) is 23.3 Å². The van der Waals surface area contributed by atoms with Crippen LogP contribution in [0.2, 0.25) is 0 Å². The second-order valence-electron chi connectivity index (χ2n) is 7.59. The van der Waals surface area contributed by atoms with Gasteiger partial charge in [-0.25, -0.2) is 0 Å². The zero-order valence-electron chi connectivity index (χ0n) is 15.4. The Hall–Kier alpha value is -1.94. The zero-order chi connectivity index (χ0) is 17.6. The summed E-state index contributed by atoms with van der Waals surface area (Å²) < 4.78 is 5.30. The molecule has 25 heavy (non-hydrogen) atoms. The maximum atomic E-state index is 10.3. The normalized spacial score (nSPS) is 27.2. The molecule has 0 radical (unpaired) electrons. The minimum absolute atomic E-state index is 0.401. The third kappa shape index (κ3) is 2.63. The van der Waals surface area contributed by atoms with Gasteiger partial charge in [0.25, 0.3) is 0 Å². The largest absolute Gasteiger partial charge is 0.507 e. The molecule has 4 rings (SSSR count). The lowest BCUT2D eigenvalue weighted by Gasteiger charge is -2.46. The van der Waals surface area contributed by atoms with Crippen LogP contribution in [0.4, 0.5) is 0 Å². The van der Waals surface area contributed by atoms with Gasteiger partial charge in [-0.1, -0.05) is 19.4 Å². The molecule has 2 aromatic rings. The summed E-state index contributed by atoms with van der Waals surface area (Å²) in [6, 6.07) is 6.19. The average molecular weight is 340 g/mol. The Labute approximate surface area is 149 Å². The molecule has 0 spiro atoms.